The van der Waals surface area contributed by atoms with Crippen molar-refractivity contribution in [3.63, 3.8) is 0 Å². The van der Waals surface area contributed by atoms with Crippen LogP contribution in [0.2, 0.25) is 0 Å². The number of carbonyl (C=O) groups excluding carboxylic acids is 2. The predicted octanol–water partition coefficient (Wildman–Crippen LogP) is 4.96. The molecule has 196 valence electrons. The van der Waals surface area contributed by atoms with Crippen molar-refractivity contribution in [1.29, 1.82) is 0 Å². The Morgan fingerprint density at radius 2 is 1.70 bits per heavy atom. The van der Waals surface area contributed by atoms with Crippen molar-refractivity contribution >= 4 is 22.8 Å². The van der Waals surface area contributed by atoms with Crippen LogP contribution in [0, 0.1) is 5.92 Å². The van der Waals surface area contributed by atoms with Gasteiger partial charge in [-0.15, -0.1) is 0 Å². The molecule has 5 rings (SSSR count). The number of hydrogen-bond acceptors (Lipinski definition) is 4. The minimum Gasteiger partial charge on any atom is -0.378 e. The van der Waals surface area contributed by atoms with Gasteiger partial charge in [-0.3, -0.25) is 14.6 Å². The van der Waals surface area contributed by atoms with Crippen molar-refractivity contribution in [3.8, 4) is 0 Å². The zero-order chi connectivity index (χ0) is 25.8. The molecule has 0 bridgehead atoms. The first-order chi connectivity index (χ1) is 18.1. The fourth-order valence-corrected chi connectivity index (χ4v) is 5.91. The van der Waals surface area contributed by atoms with Crippen LogP contribution in [-0.4, -0.2) is 70.6 Å². The van der Waals surface area contributed by atoms with E-state index in [4.69, 9.17) is 4.74 Å². The first-order valence-electron chi connectivity index (χ1n) is 13.8. The number of nitrogens with zero attached hydrogens (tertiary/aromatic N) is 4. The fourth-order valence-electron chi connectivity index (χ4n) is 5.91. The predicted molar refractivity (Wildman–Crippen MR) is 145 cm³/mol. The average molecular weight is 503 g/mol. The number of pyridine rings is 1. The molecule has 3 aromatic rings. The third-order valence-electron chi connectivity index (χ3n) is 8.15. The zero-order valence-corrected chi connectivity index (χ0v) is 22.1. The smallest absolute Gasteiger partial charge is 0.257 e. The molecular formula is C30H38N4O3. The van der Waals surface area contributed by atoms with Gasteiger partial charge in [0.2, 0.25) is 0 Å². The van der Waals surface area contributed by atoms with E-state index in [1.54, 1.807) is 6.20 Å². The number of morpholine rings is 1. The van der Waals surface area contributed by atoms with Crippen molar-refractivity contribution in [2.75, 3.05) is 39.4 Å². The van der Waals surface area contributed by atoms with Gasteiger partial charge in [0.1, 0.15) is 5.52 Å². The largest absolute Gasteiger partial charge is 0.378 e. The average Bonchev–Trinajstić information content (AvgIpc) is 3.32. The highest BCUT2D eigenvalue weighted by atomic mass is 16.5. The molecule has 3 heterocycles. The zero-order valence-electron chi connectivity index (χ0n) is 22.1. The van der Waals surface area contributed by atoms with Gasteiger partial charge in [0, 0.05) is 50.7 Å². The molecule has 2 aromatic heterocycles. The van der Waals surface area contributed by atoms with Crippen LogP contribution in [-0.2, 0) is 11.3 Å². The van der Waals surface area contributed by atoms with Gasteiger partial charge < -0.3 is 19.1 Å². The molecule has 1 aliphatic heterocycles. The molecule has 7 nitrogen and oxygen atoms in total. The maximum absolute atomic E-state index is 13.3. The Balaban J connectivity index is 1.23. The Labute approximate surface area is 219 Å². The van der Waals surface area contributed by atoms with Crippen LogP contribution < -0.4 is 0 Å². The molecule has 2 amide bonds. The lowest BCUT2D eigenvalue weighted by atomic mass is 9.78. The maximum Gasteiger partial charge on any atom is 0.257 e. The first kappa shape index (κ1) is 25.5. The molecule has 0 atom stereocenters. The van der Waals surface area contributed by atoms with Crippen molar-refractivity contribution < 1.29 is 14.3 Å². The molecule has 0 spiro atoms. The lowest BCUT2D eigenvalue weighted by molar-refractivity contribution is 0.0304. The van der Waals surface area contributed by atoms with Gasteiger partial charge in [-0.2, -0.15) is 0 Å². The van der Waals surface area contributed by atoms with Crippen LogP contribution in [0.4, 0.5) is 0 Å². The summed E-state index contributed by atoms with van der Waals surface area (Å²) in [5.74, 6) is 1.27. The van der Waals surface area contributed by atoms with Gasteiger partial charge in [-0.05, 0) is 81.2 Å². The maximum atomic E-state index is 13.3. The summed E-state index contributed by atoms with van der Waals surface area (Å²) in [5.41, 5.74) is 4.65. The molecule has 2 aliphatic rings. The quantitative estimate of drug-likeness (QED) is 0.458. The summed E-state index contributed by atoms with van der Waals surface area (Å²) >= 11 is 0. The molecule has 0 radical (unpaired) electrons. The number of aromatic nitrogens is 2. The Bertz CT molecular complexity index is 1220. The molecule has 37 heavy (non-hydrogen) atoms. The highest BCUT2D eigenvalue weighted by molar-refractivity contribution is 6.05. The van der Waals surface area contributed by atoms with Crippen LogP contribution in [0.25, 0.3) is 11.0 Å². The molecule has 1 saturated carbocycles. The molecule has 7 heteroatoms. The standard InChI is InChI=1S/C30H38N4O3/c1-3-32(4-2)29(35)25-13-11-24(12-14-25)23-9-7-22(8-10-23)20-34-21-26(28-27(34)6-5-15-31-28)30(36)33-16-18-37-19-17-33/h5-6,11-15,21-23H,3-4,7-10,16-20H2,1-2H3. The van der Waals surface area contributed by atoms with Crippen molar-refractivity contribution in [2.45, 2.75) is 52.0 Å². The van der Waals surface area contributed by atoms with E-state index in [-0.39, 0.29) is 11.8 Å². The molecule has 1 aliphatic carbocycles. The summed E-state index contributed by atoms with van der Waals surface area (Å²) in [6.07, 6.45) is 8.38. The molecule has 0 N–H and O–H groups in total. The Morgan fingerprint density at radius 1 is 1.00 bits per heavy atom. The Hall–Kier alpha value is -3.19. The third kappa shape index (κ3) is 5.42. The highest BCUT2D eigenvalue weighted by Gasteiger charge is 2.26. The second kappa shape index (κ2) is 11.5. The third-order valence-corrected chi connectivity index (χ3v) is 8.15. The summed E-state index contributed by atoms with van der Waals surface area (Å²) in [6, 6.07) is 12.3. The number of fused-ring (bicyclic) bond motifs is 1. The number of hydrogen-bond donors (Lipinski definition) is 0. The van der Waals surface area contributed by atoms with E-state index in [9.17, 15) is 9.59 Å². The van der Waals surface area contributed by atoms with Crippen LogP contribution >= 0.6 is 0 Å². The van der Waals surface area contributed by atoms with Crippen molar-refractivity contribution in [3.05, 3.63) is 65.5 Å². The number of amides is 2. The molecule has 1 saturated heterocycles. The summed E-state index contributed by atoms with van der Waals surface area (Å²) in [5, 5.41) is 0. The van der Waals surface area contributed by atoms with Gasteiger partial charge in [0.15, 0.2) is 0 Å². The second-order valence-corrected chi connectivity index (χ2v) is 10.3. The highest BCUT2D eigenvalue weighted by Crippen LogP contribution is 2.37. The fraction of sp³-hybridized carbons (Fsp3) is 0.500. The number of ether oxygens (including phenoxy) is 1. The Kier molecular flexibility index (Phi) is 7.89. The SMILES string of the molecule is CCN(CC)C(=O)c1ccc(C2CCC(Cn3cc(C(=O)N4CCOCC4)c4ncccc43)CC2)cc1. The van der Waals surface area contributed by atoms with E-state index >= 15 is 0 Å². The lowest BCUT2D eigenvalue weighted by Gasteiger charge is -2.29. The summed E-state index contributed by atoms with van der Waals surface area (Å²) < 4.78 is 7.67. The molecule has 1 aromatic carbocycles. The van der Waals surface area contributed by atoms with E-state index in [0.29, 0.717) is 43.7 Å². The monoisotopic (exact) mass is 502 g/mol. The number of carbonyl (C=O) groups is 2. The summed E-state index contributed by atoms with van der Waals surface area (Å²) in [6.45, 7) is 8.86. The van der Waals surface area contributed by atoms with Crippen LogP contribution in [0.1, 0.15) is 71.7 Å². The van der Waals surface area contributed by atoms with Gasteiger partial charge >= 0.3 is 0 Å². The van der Waals surface area contributed by atoms with Gasteiger partial charge in [0.05, 0.1) is 24.3 Å². The number of benzene rings is 1. The van der Waals surface area contributed by atoms with Gasteiger partial charge in [-0.25, -0.2) is 0 Å². The molecule has 2 fully saturated rings. The minimum absolute atomic E-state index is 0.0531. The van der Waals surface area contributed by atoms with Gasteiger partial charge in [-0.1, -0.05) is 12.1 Å². The van der Waals surface area contributed by atoms with E-state index in [1.165, 1.54) is 5.56 Å². The second-order valence-electron chi connectivity index (χ2n) is 10.3. The number of rotatable bonds is 7. The summed E-state index contributed by atoms with van der Waals surface area (Å²) in [4.78, 5) is 34.2. The van der Waals surface area contributed by atoms with E-state index in [0.717, 1.165) is 61.9 Å². The van der Waals surface area contributed by atoms with E-state index in [1.807, 2.05) is 48.0 Å². The van der Waals surface area contributed by atoms with Crippen LogP contribution in [0.5, 0.6) is 0 Å². The normalized spacial score (nSPS) is 20.2. The Morgan fingerprint density at radius 3 is 2.38 bits per heavy atom. The molecular weight excluding hydrogens is 464 g/mol. The minimum atomic E-state index is 0.0531. The van der Waals surface area contributed by atoms with Gasteiger partial charge in [0.25, 0.3) is 11.8 Å². The van der Waals surface area contributed by atoms with Crippen molar-refractivity contribution in [2.24, 2.45) is 5.92 Å². The summed E-state index contributed by atoms with van der Waals surface area (Å²) in [7, 11) is 0. The lowest BCUT2D eigenvalue weighted by Crippen LogP contribution is -2.40. The van der Waals surface area contributed by atoms with E-state index in [2.05, 4.69) is 27.8 Å². The van der Waals surface area contributed by atoms with Crippen molar-refractivity contribution in [1.82, 2.24) is 19.4 Å². The van der Waals surface area contributed by atoms with Crippen LogP contribution in [0.15, 0.2) is 48.8 Å². The topological polar surface area (TPSA) is 67.7 Å². The first-order valence-corrected chi connectivity index (χ1v) is 13.8. The molecule has 0 unspecified atom stereocenters. The van der Waals surface area contributed by atoms with E-state index < -0.39 is 0 Å². The van der Waals surface area contributed by atoms with Crippen LogP contribution in [0.3, 0.4) is 0 Å².